The number of carbonyl (C=O) groups excluding carboxylic acids is 2. The zero-order valence-electron chi connectivity index (χ0n) is 27.6. The van der Waals surface area contributed by atoms with Gasteiger partial charge in [-0.3, -0.25) is 19.4 Å². The third-order valence-electron chi connectivity index (χ3n) is 8.33. The highest BCUT2D eigenvalue weighted by Crippen LogP contribution is 2.36. The van der Waals surface area contributed by atoms with Gasteiger partial charge in [-0.05, 0) is 84.9 Å². The molecule has 0 N–H and O–H groups in total. The van der Waals surface area contributed by atoms with Crippen LogP contribution in [0, 0.1) is 4.91 Å². The number of rotatable bonds is 10. The highest BCUT2D eigenvalue weighted by molar-refractivity contribution is 6.16. The first kappa shape index (κ1) is 32.4. The maximum Gasteiger partial charge on any atom is 0.305 e. The summed E-state index contributed by atoms with van der Waals surface area (Å²) in [6, 6.07) is 60.3. The highest BCUT2D eigenvalue weighted by Gasteiger charge is 2.36. The van der Waals surface area contributed by atoms with Crippen molar-refractivity contribution in [2.24, 2.45) is 0 Å². The van der Waals surface area contributed by atoms with Crippen LogP contribution in [0.1, 0.15) is 20.7 Å². The molecule has 0 aliphatic heterocycles. The van der Waals surface area contributed by atoms with Crippen LogP contribution in [0.4, 0.5) is 39.8 Å². The van der Waals surface area contributed by atoms with E-state index < -0.39 is 5.91 Å². The van der Waals surface area contributed by atoms with E-state index in [1.807, 2.05) is 182 Å². The molecule has 0 fully saturated rings. The summed E-state index contributed by atoms with van der Waals surface area (Å²) < 4.78 is 0. The van der Waals surface area contributed by atoms with Crippen molar-refractivity contribution in [1.29, 1.82) is 0 Å². The normalized spacial score (nSPS) is 10.6. The van der Waals surface area contributed by atoms with Crippen molar-refractivity contribution < 1.29 is 14.5 Å². The number of hydrazine groups is 1. The summed E-state index contributed by atoms with van der Waals surface area (Å²) >= 11 is 0. The Bertz CT molecular complexity index is 2130. The second-order valence-electron chi connectivity index (χ2n) is 11.6. The molecule has 0 unspecified atom stereocenters. The zero-order valence-corrected chi connectivity index (χ0v) is 27.6. The molecule has 7 aromatic rings. The number of benzene rings is 7. The number of hydrogen-bond acceptors (Lipinski definition) is 3. The molecule has 0 spiro atoms. The van der Waals surface area contributed by atoms with E-state index in [-0.39, 0.29) is 22.7 Å². The summed E-state index contributed by atoms with van der Waals surface area (Å²) in [6.07, 6.45) is 0. The molecule has 0 radical (unpaired) electrons. The van der Waals surface area contributed by atoms with Gasteiger partial charge in [0.2, 0.25) is 0 Å². The predicted octanol–water partition coefficient (Wildman–Crippen LogP) is 10.8. The van der Waals surface area contributed by atoms with Crippen LogP contribution in [-0.2, 0) is 0 Å². The smallest absolute Gasteiger partial charge is 0.277 e. The number of hydrogen-bond donors (Lipinski definition) is 0. The molecule has 0 aromatic heterocycles. The quantitative estimate of drug-likeness (QED) is 0.108. The van der Waals surface area contributed by atoms with E-state index in [9.17, 15) is 9.70 Å². The lowest BCUT2D eigenvalue weighted by atomic mass is 10.0. The summed E-state index contributed by atoms with van der Waals surface area (Å²) in [4.78, 5) is 48.3. The minimum Gasteiger partial charge on any atom is -0.277 e. The van der Waals surface area contributed by atoms with Gasteiger partial charge in [0.1, 0.15) is 16.9 Å². The van der Waals surface area contributed by atoms with Crippen LogP contribution >= 0.6 is 0 Å². The van der Waals surface area contributed by atoms with Gasteiger partial charge in [0.25, 0.3) is 11.8 Å². The molecular weight excluding hydrogens is 633 g/mol. The van der Waals surface area contributed by atoms with Crippen LogP contribution in [0.15, 0.2) is 200 Å². The number of nitrogens with zero attached hydrogens (tertiary/aromatic N) is 4. The van der Waals surface area contributed by atoms with Crippen molar-refractivity contribution in [1.82, 2.24) is 0 Å². The van der Waals surface area contributed by atoms with Crippen LogP contribution in [-0.4, -0.2) is 16.7 Å². The van der Waals surface area contributed by atoms with Crippen molar-refractivity contribution in [3.63, 3.8) is 0 Å². The highest BCUT2D eigenvalue weighted by atomic mass is 16.3. The Labute approximate surface area is 296 Å². The first-order chi connectivity index (χ1) is 25.1. The average molecular weight is 666 g/mol. The van der Waals surface area contributed by atoms with Crippen LogP contribution in [0.25, 0.3) is 0 Å². The fourth-order valence-corrected chi connectivity index (χ4v) is 5.94. The molecule has 51 heavy (non-hydrogen) atoms. The molecule has 0 aliphatic rings. The molecule has 7 nitrogen and oxygen atoms in total. The maximum atomic E-state index is 15.1. The maximum absolute atomic E-state index is 15.1. The third kappa shape index (κ3) is 6.90. The topological polar surface area (TPSA) is 63.9 Å². The minimum atomic E-state index is -0.482. The van der Waals surface area contributed by atoms with Gasteiger partial charge in [0.05, 0.1) is 4.91 Å². The summed E-state index contributed by atoms with van der Waals surface area (Å²) in [7, 11) is 0. The summed E-state index contributed by atoms with van der Waals surface area (Å²) in [5, 5.41) is 1.50. The van der Waals surface area contributed by atoms with Gasteiger partial charge in [0.15, 0.2) is 4.87 Å². The first-order valence-electron chi connectivity index (χ1n) is 16.5. The van der Waals surface area contributed by atoms with Crippen LogP contribution in [0.2, 0.25) is 0 Å². The number of nitroso groups, excluding NO2 is 1. The lowest BCUT2D eigenvalue weighted by Crippen LogP contribution is -2.31. The lowest BCUT2D eigenvalue weighted by molar-refractivity contribution is -0.466. The average Bonchev–Trinajstić information content (AvgIpc) is 3.20. The van der Waals surface area contributed by atoms with Crippen LogP contribution < -0.4 is 14.8 Å². The Kier molecular flexibility index (Phi) is 9.52. The van der Waals surface area contributed by atoms with Gasteiger partial charge < -0.3 is 0 Å². The van der Waals surface area contributed by atoms with E-state index in [2.05, 4.69) is 0 Å². The molecular formula is C44H33N4O3+. The van der Waals surface area contributed by atoms with E-state index >= 15 is 4.79 Å². The van der Waals surface area contributed by atoms with Gasteiger partial charge >= 0.3 is 5.69 Å². The van der Waals surface area contributed by atoms with Gasteiger partial charge in [-0.25, -0.2) is 0 Å². The summed E-state index contributed by atoms with van der Waals surface area (Å²) in [5.74, 6) is -0.843. The van der Waals surface area contributed by atoms with Gasteiger partial charge in [-0.2, -0.15) is 0 Å². The fourth-order valence-electron chi connectivity index (χ4n) is 5.94. The number of para-hydroxylation sites is 6. The SMILES string of the molecule is O=C(c1ccc([N+](=O)N(c2ccccc2)c2ccccc2)c(C(=O)N(c2ccccc2)c2ccccc2)c1)N(c1ccccc1)c1ccccc1. The van der Waals surface area contributed by atoms with E-state index in [4.69, 9.17) is 0 Å². The van der Waals surface area contributed by atoms with Crippen molar-refractivity contribution in [2.45, 2.75) is 0 Å². The Morgan fingerprint density at radius 1 is 0.373 bits per heavy atom. The number of carbonyl (C=O) groups is 2. The molecule has 7 rings (SSSR count). The fraction of sp³-hybridized carbons (Fsp3) is 0. The van der Waals surface area contributed by atoms with E-state index in [1.165, 1.54) is 11.1 Å². The second-order valence-corrected chi connectivity index (χ2v) is 11.6. The molecule has 0 heterocycles. The summed E-state index contributed by atoms with van der Waals surface area (Å²) in [5.41, 5.74) is 4.05. The molecule has 7 heteroatoms. The molecule has 0 bridgehead atoms. The van der Waals surface area contributed by atoms with Crippen molar-refractivity contribution in [3.05, 3.63) is 216 Å². The van der Waals surface area contributed by atoms with Crippen LogP contribution in [0.3, 0.4) is 0 Å². The molecule has 0 atom stereocenters. The zero-order chi connectivity index (χ0) is 35.0. The third-order valence-corrected chi connectivity index (χ3v) is 8.33. The first-order valence-corrected chi connectivity index (χ1v) is 16.5. The molecule has 0 saturated heterocycles. The Morgan fingerprint density at radius 3 is 1.04 bits per heavy atom. The second kappa shape index (κ2) is 15.0. The van der Waals surface area contributed by atoms with E-state index in [1.54, 1.807) is 21.9 Å². The lowest BCUT2D eigenvalue weighted by Gasteiger charge is -2.25. The monoisotopic (exact) mass is 665 g/mol. The van der Waals surface area contributed by atoms with Gasteiger partial charge in [-0.1, -0.05) is 114 Å². The number of amides is 2. The Hall–Kier alpha value is -7.12. The summed E-state index contributed by atoms with van der Waals surface area (Å²) in [6.45, 7) is 0. The molecule has 246 valence electrons. The largest absolute Gasteiger partial charge is 0.305 e. The minimum absolute atomic E-state index is 0.0430. The van der Waals surface area contributed by atoms with Gasteiger partial charge in [0, 0.05) is 34.4 Å². The molecule has 7 aromatic carbocycles. The van der Waals surface area contributed by atoms with Crippen molar-refractivity contribution in [2.75, 3.05) is 14.8 Å². The van der Waals surface area contributed by atoms with Crippen LogP contribution in [0.5, 0.6) is 0 Å². The standard InChI is InChI=1S/C44H33N4O3/c49-43(45(35-19-7-1-8-20-35)36-21-9-2-10-22-36)34-31-32-42(48(51)47(39-27-15-5-16-28-39)40-29-17-6-18-30-40)41(33-34)44(50)46(37-23-11-3-12-24-37)38-25-13-4-14-26-38/h1-33H/q+1. The molecule has 0 saturated carbocycles. The van der Waals surface area contributed by atoms with E-state index in [0.29, 0.717) is 39.0 Å². The van der Waals surface area contributed by atoms with Crippen molar-refractivity contribution >= 4 is 51.6 Å². The molecule has 2 amide bonds. The molecule has 0 aliphatic carbocycles. The van der Waals surface area contributed by atoms with Gasteiger partial charge in [-0.15, -0.1) is 0 Å². The van der Waals surface area contributed by atoms with E-state index in [0.717, 1.165) is 0 Å². The van der Waals surface area contributed by atoms with Crippen molar-refractivity contribution in [3.8, 4) is 0 Å². The predicted molar refractivity (Wildman–Crippen MR) is 203 cm³/mol. The number of anilines is 6. The Morgan fingerprint density at radius 2 is 0.686 bits per heavy atom. The Balaban J connectivity index is 1.42.